The first-order chi connectivity index (χ1) is 10.0. The second kappa shape index (κ2) is 8.90. The van der Waals surface area contributed by atoms with Gasteiger partial charge in [-0.25, -0.2) is 14.6 Å². The van der Waals surface area contributed by atoms with Crippen molar-refractivity contribution in [2.24, 2.45) is 0 Å². The molecule has 0 unspecified atom stereocenters. The predicted molar refractivity (Wildman–Crippen MR) is 75.4 cm³/mol. The van der Waals surface area contributed by atoms with Gasteiger partial charge < -0.3 is 20.5 Å². The number of ether oxygens (including phenoxy) is 1. The molecule has 0 aliphatic carbocycles. The van der Waals surface area contributed by atoms with Crippen LogP contribution in [-0.2, 0) is 16.0 Å². The molecule has 0 aromatic carbocycles. The highest BCUT2D eigenvalue weighted by molar-refractivity contribution is 7.09. The average molecular weight is 315 g/mol. The van der Waals surface area contributed by atoms with Gasteiger partial charge in [0.25, 0.3) is 0 Å². The van der Waals surface area contributed by atoms with Crippen molar-refractivity contribution >= 4 is 29.3 Å². The lowest BCUT2D eigenvalue weighted by Crippen LogP contribution is -2.37. The minimum Gasteiger partial charge on any atom is -0.476 e. The zero-order valence-corrected chi connectivity index (χ0v) is 12.4. The molecule has 0 saturated carbocycles. The third kappa shape index (κ3) is 6.70. The number of thiazole rings is 1. The first kappa shape index (κ1) is 16.9. The molecule has 9 heteroatoms. The molecule has 0 aliphatic rings. The Morgan fingerprint density at radius 3 is 2.67 bits per heavy atom. The van der Waals surface area contributed by atoms with E-state index >= 15 is 0 Å². The Kier molecular flexibility index (Phi) is 7.16. The molecule has 0 spiro atoms. The van der Waals surface area contributed by atoms with Gasteiger partial charge in [0.15, 0.2) is 5.69 Å². The number of carbonyl (C=O) groups excluding carboxylic acids is 2. The maximum Gasteiger partial charge on any atom is 0.355 e. The van der Waals surface area contributed by atoms with Crippen molar-refractivity contribution in [3.05, 3.63) is 16.1 Å². The second-order valence-electron chi connectivity index (χ2n) is 3.92. The molecule has 8 nitrogen and oxygen atoms in total. The molecule has 1 aromatic rings. The van der Waals surface area contributed by atoms with E-state index in [0.717, 1.165) is 0 Å². The number of aromatic carboxylic acids is 1. The Hall–Kier alpha value is -2.16. The van der Waals surface area contributed by atoms with Crippen molar-refractivity contribution in [2.75, 3.05) is 19.7 Å². The molecule has 0 aliphatic heterocycles. The number of rotatable bonds is 8. The monoisotopic (exact) mass is 315 g/mol. The maximum atomic E-state index is 11.4. The SMILES string of the molecule is CCOC(=O)CCNC(=O)NCCc1nc(C(=O)O)cs1. The smallest absolute Gasteiger partial charge is 0.355 e. The van der Waals surface area contributed by atoms with Crippen LogP contribution in [0.25, 0.3) is 0 Å². The molecule has 116 valence electrons. The fourth-order valence-corrected chi connectivity index (χ4v) is 2.15. The van der Waals surface area contributed by atoms with E-state index in [0.29, 0.717) is 24.6 Å². The summed E-state index contributed by atoms with van der Waals surface area (Å²) >= 11 is 1.23. The Balaban J connectivity index is 2.15. The third-order valence-electron chi connectivity index (χ3n) is 2.32. The lowest BCUT2D eigenvalue weighted by atomic mass is 10.4. The quantitative estimate of drug-likeness (QED) is 0.606. The number of carboxylic acids is 1. The maximum absolute atomic E-state index is 11.4. The third-order valence-corrected chi connectivity index (χ3v) is 3.22. The van der Waals surface area contributed by atoms with Crippen LogP contribution in [-0.4, -0.2) is 47.8 Å². The number of amides is 2. The summed E-state index contributed by atoms with van der Waals surface area (Å²) in [5.41, 5.74) is 0.00823. The summed E-state index contributed by atoms with van der Waals surface area (Å²) in [7, 11) is 0. The van der Waals surface area contributed by atoms with Crippen LogP contribution in [0.4, 0.5) is 4.79 Å². The minimum absolute atomic E-state index is 0.00823. The molecule has 0 atom stereocenters. The summed E-state index contributed by atoms with van der Waals surface area (Å²) in [6.07, 6.45) is 0.568. The van der Waals surface area contributed by atoms with Gasteiger partial charge in [-0.1, -0.05) is 0 Å². The van der Waals surface area contributed by atoms with Crippen molar-refractivity contribution in [3.8, 4) is 0 Å². The molecule has 0 saturated heterocycles. The van der Waals surface area contributed by atoms with E-state index in [9.17, 15) is 14.4 Å². The van der Waals surface area contributed by atoms with Gasteiger partial charge in [0, 0.05) is 24.9 Å². The number of hydrogen-bond acceptors (Lipinski definition) is 6. The zero-order chi connectivity index (χ0) is 15.7. The number of nitrogens with zero attached hydrogens (tertiary/aromatic N) is 1. The van der Waals surface area contributed by atoms with Gasteiger partial charge in [-0.2, -0.15) is 0 Å². The normalized spacial score (nSPS) is 9.95. The van der Waals surface area contributed by atoms with Gasteiger partial charge in [-0.3, -0.25) is 4.79 Å². The van der Waals surface area contributed by atoms with Crippen molar-refractivity contribution in [3.63, 3.8) is 0 Å². The Bertz CT molecular complexity index is 503. The molecular weight excluding hydrogens is 298 g/mol. The van der Waals surface area contributed by atoms with Gasteiger partial charge in [-0.15, -0.1) is 11.3 Å². The lowest BCUT2D eigenvalue weighted by Gasteiger charge is -2.06. The molecule has 1 rings (SSSR count). The van der Waals surface area contributed by atoms with E-state index in [-0.39, 0.29) is 24.6 Å². The number of aromatic nitrogens is 1. The molecule has 1 aromatic heterocycles. The molecule has 3 N–H and O–H groups in total. The van der Waals surface area contributed by atoms with Crippen LogP contribution in [0.1, 0.15) is 28.8 Å². The van der Waals surface area contributed by atoms with Crippen molar-refractivity contribution in [1.29, 1.82) is 0 Å². The molecule has 21 heavy (non-hydrogen) atoms. The van der Waals surface area contributed by atoms with Gasteiger partial charge in [0.1, 0.15) is 0 Å². The largest absolute Gasteiger partial charge is 0.476 e. The number of hydrogen-bond donors (Lipinski definition) is 3. The summed E-state index contributed by atoms with van der Waals surface area (Å²) in [4.78, 5) is 37.0. The molecule has 0 fully saturated rings. The highest BCUT2D eigenvalue weighted by atomic mass is 32.1. The topological polar surface area (TPSA) is 118 Å². The van der Waals surface area contributed by atoms with E-state index in [2.05, 4.69) is 15.6 Å². The highest BCUT2D eigenvalue weighted by Gasteiger charge is 2.09. The van der Waals surface area contributed by atoms with Crippen LogP contribution in [0.15, 0.2) is 5.38 Å². The molecule has 0 bridgehead atoms. The van der Waals surface area contributed by atoms with Crippen molar-refractivity contribution in [1.82, 2.24) is 15.6 Å². The van der Waals surface area contributed by atoms with Crippen LogP contribution in [0.2, 0.25) is 0 Å². The van der Waals surface area contributed by atoms with Crippen LogP contribution < -0.4 is 10.6 Å². The fraction of sp³-hybridized carbons (Fsp3) is 0.500. The van der Waals surface area contributed by atoms with Crippen molar-refractivity contribution < 1.29 is 24.2 Å². The zero-order valence-electron chi connectivity index (χ0n) is 11.5. The van der Waals surface area contributed by atoms with Gasteiger partial charge in [0.05, 0.1) is 18.0 Å². The minimum atomic E-state index is -1.07. The Labute approximate surface area is 125 Å². The molecule has 2 amide bonds. The Morgan fingerprint density at radius 1 is 1.33 bits per heavy atom. The van der Waals surface area contributed by atoms with E-state index in [1.54, 1.807) is 6.92 Å². The van der Waals surface area contributed by atoms with E-state index in [1.165, 1.54) is 16.7 Å². The predicted octanol–water partition coefficient (Wildman–Crippen LogP) is 0.636. The highest BCUT2D eigenvalue weighted by Crippen LogP contribution is 2.09. The Morgan fingerprint density at radius 2 is 2.05 bits per heavy atom. The van der Waals surface area contributed by atoms with Gasteiger partial charge in [-0.05, 0) is 6.92 Å². The first-order valence-corrected chi connectivity index (χ1v) is 7.26. The number of esters is 1. The van der Waals surface area contributed by atoms with Crippen LogP contribution in [0, 0.1) is 0 Å². The first-order valence-electron chi connectivity index (χ1n) is 6.38. The van der Waals surface area contributed by atoms with Gasteiger partial charge in [0.2, 0.25) is 0 Å². The average Bonchev–Trinajstić information content (AvgIpc) is 2.88. The fourth-order valence-electron chi connectivity index (χ4n) is 1.38. The second-order valence-corrected chi connectivity index (χ2v) is 4.86. The van der Waals surface area contributed by atoms with E-state index in [1.807, 2.05) is 0 Å². The number of carbonyl (C=O) groups is 3. The lowest BCUT2D eigenvalue weighted by molar-refractivity contribution is -0.142. The van der Waals surface area contributed by atoms with Crippen molar-refractivity contribution in [2.45, 2.75) is 19.8 Å². The number of urea groups is 1. The number of carboxylic acid groups (broad SMARTS) is 1. The summed E-state index contributed by atoms with van der Waals surface area (Å²) in [6.45, 7) is 2.56. The van der Waals surface area contributed by atoms with Crippen LogP contribution in [0.5, 0.6) is 0 Å². The number of nitrogens with one attached hydrogen (secondary N) is 2. The van der Waals surface area contributed by atoms with E-state index < -0.39 is 12.0 Å². The summed E-state index contributed by atoms with van der Waals surface area (Å²) in [6, 6.07) is -0.394. The standard InChI is InChI=1S/C12H17N3O5S/c1-2-20-10(16)4-6-14-12(19)13-5-3-9-15-8(7-21-9)11(17)18/h7H,2-6H2,1H3,(H,17,18)(H2,13,14,19). The summed E-state index contributed by atoms with van der Waals surface area (Å²) < 4.78 is 4.72. The summed E-state index contributed by atoms with van der Waals surface area (Å²) in [5, 5.41) is 15.9. The molecule has 1 heterocycles. The van der Waals surface area contributed by atoms with Crippen LogP contribution >= 0.6 is 11.3 Å². The summed E-state index contributed by atoms with van der Waals surface area (Å²) in [5.74, 6) is -1.43. The van der Waals surface area contributed by atoms with Crippen LogP contribution in [0.3, 0.4) is 0 Å². The molecular formula is C12H17N3O5S. The van der Waals surface area contributed by atoms with E-state index in [4.69, 9.17) is 9.84 Å². The molecule has 0 radical (unpaired) electrons. The van der Waals surface area contributed by atoms with Gasteiger partial charge >= 0.3 is 18.0 Å².